The zero-order chi connectivity index (χ0) is 10.3. The van der Waals surface area contributed by atoms with Crippen LogP contribution in [0.15, 0.2) is 24.4 Å². The molecule has 14 heavy (non-hydrogen) atoms. The largest absolute Gasteiger partial charge is 0.416 e. The molecule has 0 bridgehead atoms. The highest BCUT2D eigenvalue weighted by atomic mass is 19.4. The third-order valence-electron chi connectivity index (χ3n) is 2.03. The summed E-state index contributed by atoms with van der Waals surface area (Å²) in [6, 6.07) is 3.63. The van der Waals surface area contributed by atoms with Gasteiger partial charge in [-0.2, -0.15) is 13.2 Å². The predicted molar refractivity (Wildman–Crippen MR) is 48.7 cm³/mol. The lowest BCUT2D eigenvalue weighted by atomic mass is 9.90. The van der Waals surface area contributed by atoms with E-state index < -0.39 is 11.7 Å². The monoisotopic (exact) mass is 195 g/mol. The van der Waals surface area contributed by atoms with Gasteiger partial charge in [0.25, 0.3) is 0 Å². The zero-order valence-corrected chi connectivity index (χ0v) is 7.02. The number of alkyl halides is 3. The van der Waals surface area contributed by atoms with Crippen molar-refractivity contribution in [2.75, 3.05) is 0 Å². The second-order valence-corrected chi connectivity index (χ2v) is 3.00. The van der Waals surface area contributed by atoms with E-state index in [0.717, 1.165) is 12.1 Å². The minimum absolute atomic E-state index is 0.135. The predicted octanol–water partition coefficient (Wildman–Crippen LogP) is 1.98. The highest BCUT2D eigenvalue weighted by Crippen LogP contribution is 2.30. The maximum atomic E-state index is 12.3. The van der Waals surface area contributed by atoms with Crippen molar-refractivity contribution >= 4 is 24.2 Å². The van der Waals surface area contributed by atoms with Crippen LogP contribution < -0.4 is 5.46 Å². The molecule has 70 valence electrons. The molecule has 0 unspecified atom stereocenters. The average Bonchev–Trinajstić information content (AvgIpc) is 2.50. The summed E-state index contributed by atoms with van der Waals surface area (Å²) in [6.45, 7) is 0. The van der Waals surface area contributed by atoms with Gasteiger partial charge >= 0.3 is 6.18 Å². The molecular weight excluding hydrogens is 190 g/mol. The third-order valence-corrected chi connectivity index (χ3v) is 2.03. The summed E-state index contributed by atoms with van der Waals surface area (Å²) in [5.74, 6) is 0. The van der Waals surface area contributed by atoms with Crippen LogP contribution in [0.3, 0.4) is 0 Å². The molecule has 1 aromatic carbocycles. The summed E-state index contributed by atoms with van der Waals surface area (Å²) in [5, 5.41) is 0.609. The van der Waals surface area contributed by atoms with E-state index in [1.165, 1.54) is 0 Å². The molecule has 0 aliphatic carbocycles. The van der Waals surface area contributed by atoms with Crippen molar-refractivity contribution in [2.24, 2.45) is 0 Å². The van der Waals surface area contributed by atoms with Crippen LogP contribution in [0.25, 0.3) is 10.9 Å². The molecule has 1 N–H and O–H groups in total. The Hall–Kier alpha value is -1.39. The fourth-order valence-corrected chi connectivity index (χ4v) is 1.36. The Kier molecular flexibility index (Phi) is 1.84. The van der Waals surface area contributed by atoms with Crippen LogP contribution in [0.1, 0.15) is 5.56 Å². The molecule has 1 nitrogen and oxygen atoms in total. The molecule has 0 amide bonds. The van der Waals surface area contributed by atoms with Gasteiger partial charge in [0, 0.05) is 11.7 Å². The molecule has 2 aromatic rings. The summed E-state index contributed by atoms with van der Waals surface area (Å²) in [4.78, 5) is 2.69. The first kappa shape index (κ1) is 9.18. The van der Waals surface area contributed by atoms with Gasteiger partial charge in [0.15, 0.2) is 0 Å². The molecule has 0 atom stereocenters. The summed E-state index contributed by atoms with van der Waals surface area (Å²) in [7, 11) is 5.48. The van der Waals surface area contributed by atoms with Crippen molar-refractivity contribution in [2.45, 2.75) is 6.18 Å². The Morgan fingerprint density at radius 1 is 1.21 bits per heavy atom. The number of hydrogen-bond acceptors (Lipinski definition) is 0. The molecule has 0 aliphatic heterocycles. The van der Waals surface area contributed by atoms with Crippen LogP contribution in [0.4, 0.5) is 13.2 Å². The van der Waals surface area contributed by atoms with Crippen LogP contribution in [0.5, 0.6) is 0 Å². The molecule has 5 heteroatoms. The van der Waals surface area contributed by atoms with E-state index in [0.29, 0.717) is 10.9 Å². The molecule has 0 fully saturated rings. The first-order valence-corrected chi connectivity index (χ1v) is 3.92. The number of benzene rings is 1. The lowest BCUT2D eigenvalue weighted by Crippen LogP contribution is -2.11. The molecule has 0 aliphatic rings. The second kappa shape index (κ2) is 2.80. The topological polar surface area (TPSA) is 15.8 Å². The number of aromatic nitrogens is 1. The third kappa shape index (κ3) is 1.39. The van der Waals surface area contributed by atoms with Crippen LogP contribution >= 0.6 is 0 Å². The molecule has 0 saturated carbocycles. The SMILES string of the molecule is [B]c1cc(C(F)(F)F)cc2[nH]ccc12. The van der Waals surface area contributed by atoms with Crippen molar-refractivity contribution in [1.29, 1.82) is 0 Å². The van der Waals surface area contributed by atoms with Crippen molar-refractivity contribution in [1.82, 2.24) is 4.98 Å². The number of aromatic amines is 1. The number of fused-ring (bicyclic) bond motifs is 1. The second-order valence-electron chi connectivity index (χ2n) is 3.00. The van der Waals surface area contributed by atoms with E-state index in [-0.39, 0.29) is 5.46 Å². The first-order valence-electron chi connectivity index (χ1n) is 3.92. The van der Waals surface area contributed by atoms with E-state index in [1.54, 1.807) is 12.3 Å². The Morgan fingerprint density at radius 3 is 2.57 bits per heavy atom. The van der Waals surface area contributed by atoms with Crippen molar-refractivity contribution in [3.63, 3.8) is 0 Å². The summed E-state index contributed by atoms with van der Waals surface area (Å²) in [6.07, 6.45) is -2.80. The molecule has 2 rings (SSSR count). The van der Waals surface area contributed by atoms with Gasteiger partial charge in [0.05, 0.1) is 5.56 Å². The Labute approximate surface area is 79.3 Å². The first-order chi connectivity index (χ1) is 6.48. The number of rotatable bonds is 0. The van der Waals surface area contributed by atoms with E-state index in [4.69, 9.17) is 7.85 Å². The van der Waals surface area contributed by atoms with Crippen LogP contribution in [-0.2, 0) is 6.18 Å². The standard InChI is InChI=1S/C9H5BF3N/c10-7-3-5(9(11,12)13)4-8-6(7)1-2-14-8/h1-4,14H. The van der Waals surface area contributed by atoms with Crippen molar-refractivity contribution in [3.8, 4) is 0 Å². The molecule has 2 radical (unpaired) electrons. The Morgan fingerprint density at radius 2 is 1.93 bits per heavy atom. The number of halogens is 3. The summed E-state index contributed by atoms with van der Waals surface area (Å²) < 4.78 is 37.0. The highest BCUT2D eigenvalue weighted by Gasteiger charge is 2.30. The molecule has 1 heterocycles. The molecule has 1 aromatic heterocycles. The van der Waals surface area contributed by atoms with Crippen LogP contribution in [0, 0.1) is 0 Å². The fourth-order valence-electron chi connectivity index (χ4n) is 1.36. The lowest BCUT2D eigenvalue weighted by molar-refractivity contribution is -0.137. The van der Waals surface area contributed by atoms with E-state index in [2.05, 4.69) is 4.98 Å². The maximum Gasteiger partial charge on any atom is 0.416 e. The van der Waals surface area contributed by atoms with Gasteiger partial charge in [0.2, 0.25) is 0 Å². The quantitative estimate of drug-likeness (QED) is 0.618. The Bertz CT molecular complexity index is 472. The number of H-pyrrole nitrogens is 1. The molecule has 0 spiro atoms. The summed E-state index contributed by atoms with van der Waals surface area (Å²) in [5.41, 5.74) is -0.196. The zero-order valence-electron chi connectivity index (χ0n) is 7.02. The molecule has 0 saturated heterocycles. The van der Waals surface area contributed by atoms with Gasteiger partial charge in [0.1, 0.15) is 7.85 Å². The van der Waals surface area contributed by atoms with Crippen LogP contribution in [-0.4, -0.2) is 12.8 Å². The number of nitrogens with one attached hydrogen (secondary N) is 1. The van der Waals surface area contributed by atoms with Crippen LogP contribution in [0.2, 0.25) is 0 Å². The minimum atomic E-state index is -4.35. The van der Waals surface area contributed by atoms with Gasteiger partial charge < -0.3 is 4.98 Å². The van der Waals surface area contributed by atoms with Gasteiger partial charge in [-0.1, -0.05) is 11.5 Å². The summed E-state index contributed by atoms with van der Waals surface area (Å²) >= 11 is 0. The van der Waals surface area contributed by atoms with Gasteiger partial charge in [-0.25, -0.2) is 0 Å². The van der Waals surface area contributed by atoms with E-state index in [9.17, 15) is 13.2 Å². The lowest BCUT2D eigenvalue weighted by Gasteiger charge is -2.08. The minimum Gasteiger partial charge on any atom is -0.361 e. The van der Waals surface area contributed by atoms with E-state index >= 15 is 0 Å². The van der Waals surface area contributed by atoms with Gasteiger partial charge in [-0.15, -0.1) is 0 Å². The van der Waals surface area contributed by atoms with Gasteiger partial charge in [-0.3, -0.25) is 0 Å². The van der Waals surface area contributed by atoms with E-state index in [1.807, 2.05) is 0 Å². The maximum absolute atomic E-state index is 12.3. The highest BCUT2D eigenvalue weighted by molar-refractivity contribution is 6.38. The Balaban J connectivity index is 2.70. The molecular formula is C9H5BF3N. The average molecular weight is 195 g/mol. The van der Waals surface area contributed by atoms with Gasteiger partial charge in [-0.05, 0) is 17.5 Å². The number of hydrogen-bond donors (Lipinski definition) is 1. The smallest absolute Gasteiger partial charge is 0.361 e. The van der Waals surface area contributed by atoms with Crippen molar-refractivity contribution < 1.29 is 13.2 Å². The normalized spacial score (nSPS) is 12.2. The fraction of sp³-hybridized carbons (Fsp3) is 0.111. The van der Waals surface area contributed by atoms with Crippen molar-refractivity contribution in [3.05, 3.63) is 30.0 Å².